The van der Waals surface area contributed by atoms with Crippen LogP contribution >= 0.6 is 0 Å². The molecule has 3 atom stereocenters. The van der Waals surface area contributed by atoms with Crippen molar-refractivity contribution in [2.75, 3.05) is 0 Å². The van der Waals surface area contributed by atoms with Gasteiger partial charge in [-0.3, -0.25) is 0 Å². The first-order valence-corrected chi connectivity index (χ1v) is 5.41. The molecule has 2 saturated carbocycles. The molecular formula is C11H18O3. The van der Waals surface area contributed by atoms with Crippen molar-refractivity contribution < 1.29 is 14.6 Å². The van der Waals surface area contributed by atoms with Crippen molar-refractivity contribution in [2.45, 2.75) is 45.6 Å². The summed E-state index contributed by atoms with van der Waals surface area (Å²) in [5.74, 6) is 1.45. The smallest absolute Gasteiger partial charge is 0.450 e. The Morgan fingerprint density at radius 2 is 1.86 bits per heavy atom. The molecule has 2 aliphatic rings. The number of rotatable bonds is 1. The largest absolute Gasteiger partial charge is 0.506 e. The van der Waals surface area contributed by atoms with Crippen LogP contribution in [0.15, 0.2) is 0 Å². The van der Waals surface area contributed by atoms with Crippen molar-refractivity contribution in [3.05, 3.63) is 0 Å². The van der Waals surface area contributed by atoms with E-state index in [-0.39, 0.29) is 11.5 Å². The van der Waals surface area contributed by atoms with Gasteiger partial charge in [0.05, 0.1) is 0 Å². The standard InChI is InChI=1S/C11H18O3/c1-7-3-8(2)5-11(4-7)6-9(11)14-10(12)13/h7-9H,3-6H2,1-2H3,(H,12,13). The number of hydrogen-bond donors (Lipinski definition) is 1. The van der Waals surface area contributed by atoms with Crippen molar-refractivity contribution in [3.63, 3.8) is 0 Å². The van der Waals surface area contributed by atoms with E-state index in [0.29, 0.717) is 0 Å². The molecule has 0 bridgehead atoms. The van der Waals surface area contributed by atoms with Gasteiger partial charge in [0, 0.05) is 5.41 Å². The van der Waals surface area contributed by atoms with E-state index in [9.17, 15) is 4.79 Å². The number of ether oxygens (including phenoxy) is 1. The Balaban J connectivity index is 1.95. The molecule has 0 aromatic carbocycles. The van der Waals surface area contributed by atoms with Crippen molar-refractivity contribution in [1.29, 1.82) is 0 Å². The molecule has 1 spiro atoms. The second-order valence-corrected chi connectivity index (χ2v) is 5.29. The highest BCUT2D eigenvalue weighted by Crippen LogP contribution is 2.60. The van der Waals surface area contributed by atoms with Crippen LogP contribution in [0.5, 0.6) is 0 Å². The van der Waals surface area contributed by atoms with Gasteiger partial charge in [0.15, 0.2) is 0 Å². The van der Waals surface area contributed by atoms with Crippen LogP contribution in [0.2, 0.25) is 0 Å². The molecule has 0 aromatic rings. The fourth-order valence-corrected chi connectivity index (χ4v) is 3.35. The molecule has 3 heteroatoms. The first-order valence-electron chi connectivity index (χ1n) is 5.41. The summed E-state index contributed by atoms with van der Waals surface area (Å²) in [7, 11) is 0. The second-order valence-electron chi connectivity index (χ2n) is 5.29. The first kappa shape index (κ1) is 9.81. The van der Waals surface area contributed by atoms with E-state index in [0.717, 1.165) is 31.1 Å². The van der Waals surface area contributed by atoms with Crippen LogP contribution in [0.4, 0.5) is 4.79 Å². The summed E-state index contributed by atoms with van der Waals surface area (Å²) in [6, 6.07) is 0. The maximum Gasteiger partial charge on any atom is 0.506 e. The quantitative estimate of drug-likeness (QED) is 0.659. The van der Waals surface area contributed by atoms with Crippen LogP contribution < -0.4 is 0 Å². The van der Waals surface area contributed by atoms with Crippen LogP contribution in [0.1, 0.15) is 39.5 Å². The van der Waals surface area contributed by atoms with Crippen LogP contribution in [0.25, 0.3) is 0 Å². The van der Waals surface area contributed by atoms with Crippen LogP contribution in [0, 0.1) is 17.3 Å². The minimum atomic E-state index is -1.11. The van der Waals surface area contributed by atoms with E-state index in [4.69, 9.17) is 9.84 Å². The third-order valence-corrected chi connectivity index (χ3v) is 3.67. The molecule has 3 unspecified atom stereocenters. The summed E-state index contributed by atoms with van der Waals surface area (Å²) in [5.41, 5.74) is 0.218. The van der Waals surface area contributed by atoms with Gasteiger partial charge in [-0.25, -0.2) is 4.79 Å². The van der Waals surface area contributed by atoms with Gasteiger partial charge in [0.1, 0.15) is 6.10 Å². The average molecular weight is 198 g/mol. The van der Waals surface area contributed by atoms with Gasteiger partial charge >= 0.3 is 6.16 Å². The second kappa shape index (κ2) is 3.14. The Morgan fingerprint density at radius 1 is 1.29 bits per heavy atom. The molecule has 80 valence electrons. The monoisotopic (exact) mass is 198 g/mol. The molecule has 0 aromatic heterocycles. The van der Waals surface area contributed by atoms with Crippen molar-refractivity contribution in [3.8, 4) is 0 Å². The van der Waals surface area contributed by atoms with E-state index < -0.39 is 6.16 Å². The van der Waals surface area contributed by atoms with Crippen molar-refractivity contribution >= 4 is 6.16 Å². The molecule has 0 aliphatic heterocycles. The number of carboxylic acid groups (broad SMARTS) is 1. The zero-order valence-electron chi connectivity index (χ0n) is 8.82. The summed E-state index contributed by atoms with van der Waals surface area (Å²) in [6.07, 6.45) is 3.41. The van der Waals surface area contributed by atoms with Gasteiger partial charge < -0.3 is 9.84 Å². The maximum absolute atomic E-state index is 10.4. The number of carbonyl (C=O) groups is 1. The molecule has 2 rings (SSSR count). The molecule has 0 radical (unpaired) electrons. The van der Waals surface area contributed by atoms with Gasteiger partial charge in [-0.2, -0.15) is 0 Å². The highest BCUT2D eigenvalue weighted by Gasteiger charge is 2.59. The molecule has 0 heterocycles. The topological polar surface area (TPSA) is 46.5 Å². The van der Waals surface area contributed by atoms with Crippen molar-refractivity contribution in [2.24, 2.45) is 17.3 Å². The lowest BCUT2D eigenvalue weighted by Gasteiger charge is -2.31. The summed E-state index contributed by atoms with van der Waals surface area (Å²) in [6.45, 7) is 4.51. The summed E-state index contributed by atoms with van der Waals surface area (Å²) in [4.78, 5) is 10.4. The van der Waals surface area contributed by atoms with E-state index in [1.807, 2.05) is 0 Å². The molecule has 14 heavy (non-hydrogen) atoms. The van der Waals surface area contributed by atoms with Gasteiger partial charge in [-0.1, -0.05) is 13.8 Å². The zero-order valence-corrected chi connectivity index (χ0v) is 8.82. The SMILES string of the molecule is CC1CC(C)CC2(C1)CC2OC(=O)O. The predicted molar refractivity (Wildman–Crippen MR) is 52.1 cm³/mol. The summed E-state index contributed by atoms with van der Waals surface area (Å²) >= 11 is 0. The molecule has 2 aliphatic carbocycles. The Morgan fingerprint density at radius 3 is 2.36 bits per heavy atom. The molecule has 0 saturated heterocycles. The fourth-order valence-electron chi connectivity index (χ4n) is 3.35. The highest BCUT2D eigenvalue weighted by atomic mass is 16.7. The van der Waals surface area contributed by atoms with Crippen LogP contribution in [-0.2, 0) is 4.74 Å². The van der Waals surface area contributed by atoms with Gasteiger partial charge in [-0.05, 0) is 37.5 Å². The molecular weight excluding hydrogens is 180 g/mol. The third kappa shape index (κ3) is 1.72. The maximum atomic E-state index is 10.4. The minimum Gasteiger partial charge on any atom is -0.450 e. The van der Waals surface area contributed by atoms with E-state index in [1.54, 1.807) is 0 Å². The van der Waals surface area contributed by atoms with Gasteiger partial charge in [0.2, 0.25) is 0 Å². The van der Waals surface area contributed by atoms with Gasteiger partial charge in [0.25, 0.3) is 0 Å². The van der Waals surface area contributed by atoms with Crippen LogP contribution in [-0.4, -0.2) is 17.4 Å². The molecule has 2 fully saturated rings. The Hall–Kier alpha value is -0.730. The third-order valence-electron chi connectivity index (χ3n) is 3.67. The average Bonchev–Trinajstić information content (AvgIpc) is 2.57. The van der Waals surface area contributed by atoms with Crippen molar-refractivity contribution in [1.82, 2.24) is 0 Å². The normalized spacial score (nSPS) is 46.3. The lowest BCUT2D eigenvalue weighted by Crippen LogP contribution is -2.24. The summed E-state index contributed by atoms with van der Waals surface area (Å²) < 4.78 is 4.87. The zero-order chi connectivity index (χ0) is 10.3. The first-order chi connectivity index (χ1) is 6.52. The number of hydrogen-bond acceptors (Lipinski definition) is 2. The lowest BCUT2D eigenvalue weighted by atomic mass is 9.74. The van der Waals surface area contributed by atoms with E-state index >= 15 is 0 Å². The Kier molecular flexibility index (Phi) is 2.20. The fraction of sp³-hybridized carbons (Fsp3) is 0.909. The summed E-state index contributed by atoms with van der Waals surface area (Å²) in [5, 5.41) is 8.55. The lowest BCUT2D eigenvalue weighted by molar-refractivity contribution is 0.0565. The Bertz CT molecular complexity index is 239. The van der Waals surface area contributed by atoms with Crippen LogP contribution in [0.3, 0.4) is 0 Å². The highest BCUT2D eigenvalue weighted by molar-refractivity contribution is 5.57. The molecule has 0 amide bonds. The Labute approximate surface area is 84.4 Å². The minimum absolute atomic E-state index is 0.00907. The van der Waals surface area contributed by atoms with E-state index in [2.05, 4.69) is 13.8 Å². The predicted octanol–water partition coefficient (Wildman–Crippen LogP) is 2.90. The van der Waals surface area contributed by atoms with E-state index in [1.165, 1.54) is 6.42 Å². The molecule has 3 nitrogen and oxygen atoms in total. The molecule has 1 N–H and O–H groups in total. The van der Waals surface area contributed by atoms with Gasteiger partial charge in [-0.15, -0.1) is 0 Å².